The fourth-order valence-corrected chi connectivity index (χ4v) is 3.56. The van der Waals surface area contributed by atoms with Gasteiger partial charge in [-0.05, 0) is 42.5 Å². The molecule has 0 N–H and O–H groups in total. The van der Waals surface area contributed by atoms with Gasteiger partial charge in [-0.25, -0.2) is 0 Å². The van der Waals surface area contributed by atoms with Crippen LogP contribution in [0.2, 0.25) is 0 Å². The van der Waals surface area contributed by atoms with Gasteiger partial charge in [0.25, 0.3) is 5.91 Å². The summed E-state index contributed by atoms with van der Waals surface area (Å²) < 4.78 is 6.59. The fraction of sp³-hybridized carbons (Fsp3) is 0.158. The molecule has 0 aliphatic carbocycles. The molecule has 24 heavy (non-hydrogen) atoms. The lowest BCUT2D eigenvalue weighted by atomic mass is 10.1. The zero-order valence-electron chi connectivity index (χ0n) is 13.5. The second kappa shape index (κ2) is 7.73. The van der Waals surface area contributed by atoms with Crippen molar-refractivity contribution >= 4 is 39.9 Å². The van der Waals surface area contributed by atoms with Crippen LogP contribution in [0.15, 0.2) is 58.4 Å². The van der Waals surface area contributed by atoms with Crippen molar-refractivity contribution in [2.75, 3.05) is 6.26 Å². The molecule has 3 rings (SSSR count). The van der Waals surface area contributed by atoms with Crippen molar-refractivity contribution in [2.24, 2.45) is 4.99 Å². The maximum absolute atomic E-state index is 11.8. The summed E-state index contributed by atoms with van der Waals surface area (Å²) in [7, 11) is 0. The van der Waals surface area contributed by atoms with E-state index in [9.17, 15) is 4.79 Å². The highest BCUT2D eigenvalue weighted by molar-refractivity contribution is 8.40. The molecule has 1 amide bonds. The van der Waals surface area contributed by atoms with E-state index in [2.05, 4.69) is 36.2 Å². The Bertz CT molecular complexity index is 793. The van der Waals surface area contributed by atoms with Gasteiger partial charge >= 0.3 is 0 Å². The Hall–Kier alpha value is -1.98. The van der Waals surface area contributed by atoms with Gasteiger partial charge in [-0.1, -0.05) is 53.7 Å². The number of carbonyl (C=O) groups excluding carboxylic acids is 1. The molecule has 0 saturated heterocycles. The Morgan fingerprint density at radius 1 is 1.12 bits per heavy atom. The zero-order valence-corrected chi connectivity index (χ0v) is 15.1. The van der Waals surface area contributed by atoms with Crippen molar-refractivity contribution in [3.8, 4) is 5.75 Å². The number of carbonyl (C=O) groups is 1. The Labute approximate surface area is 150 Å². The average molecular weight is 355 g/mol. The Morgan fingerprint density at radius 2 is 1.83 bits per heavy atom. The van der Waals surface area contributed by atoms with Crippen molar-refractivity contribution in [3.63, 3.8) is 0 Å². The number of ether oxygens (including phenoxy) is 1. The third-order valence-electron chi connectivity index (χ3n) is 3.48. The molecular formula is C19H17NO2S2. The normalized spacial score (nSPS) is 15.7. The molecule has 0 bridgehead atoms. The fourth-order valence-electron chi connectivity index (χ4n) is 2.14. The molecule has 0 spiro atoms. The van der Waals surface area contributed by atoms with Crippen LogP contribution < -0.4 is 4.74 Å². The number of rotatable bonds is 4. The predicted molar refractivity (Wildman–Crippen MR) is 103 cm³/mol. The zero-order chi connectivity index (χ0) is 16.9. The molecule has 5 heteroatoms. The van der Waals surface area contributed by atoms with E-state index >= 15 is 0 Å². The quantitative estimate of drug-likeness (QED) is 0.731. The van der Waals surface area contributed by atoms with E-state index in [1.165, 1.54) is 29.1 Å². The van der Waals surface area contributed by atoms with E-state index in [0.29, 0.717) is 11.5 Å². The topological polar surface area (TPSA) is 38.7 Å². The van der Waals surface area contributed by atoms with E-state index in [1.807, 2.05) is 36.6 Å². The molecule has 0 saturated carbocycles. The SMILES string of the molecule is CSC1=NC(=O)/C(=C/c2ccc(OCc3ccc(C)cc3)cc2)S1. The Balaban J connectivity index is 1.61. The maximum Gasteiger partial charge on any atom is 0.285 e. The average Bonchev–Trinajstić information content (AvgIpc) is 2.96. The van der Waals surface area contributed by atoms with Gasteiger partial charge < -0.3 is 4.74 Å². The number of aliphatic imine (C=N–C) groups is 1. The summed E-state index contributed by atoms with van der Waals surface area (Å²) in [5.74, 6) is 0.647. The summed E-state index contributed by atoms with van der Waals surface area (Å²) in [5.41, 5.74) is 3.34. The molecule has 3 nitrogen and oxygen atoms in total. The van der Waals surface area contributed by atoms with Crippen LogP contribution in [-0.2, 0) is 11.4 Å². The number of nitrogens with zero attached hydrogens (tertiary/aromatic N) is 1. The first-order valence-electron chi connectivity index (χ1n) is 7.49. The van der Waals surface area contributed by atoms with Crippen LogP contribution in [0.25, 0.3) is 6.08 Å². The number of thioether (sulfide) groups is 2. The number of hydrogen-bond acceptors (Lipinski definition) is 4. The number of hydrogen-bond donors (Lipinski definition) is 0. The predicted octanol–water partition coefficient (Wildman–Crippen LogP) is 4.91. The Morgan fingerprint density at radius 3 is 2.46 bits per heavy atom. The number of amides is 1. The lowest BCUT2D eigenvalue weighted by Crippen LogP contribution is -1.95. The third-order valence-corrected chi connectivity index (χ3v) is 5.45. The molecule has 122 valence electrons. The minimum absolute atomic E-state index is 0.163. The standard InChI is InChI=1S/C19H17NO2S2/c1-13-3-5-15(6-4-13)12-22-16-9-7-14(8-10-16)11-17-18(21)20-19(23-2)24-17/h3-11H,12H2,1-2H3/b17-11-. The monoisotopic (exact) mass is 355 g/mol. The smallest absolute Gasteiger partial charge is 0.285 e. The first-order chi connectivity index (χ1) is 11.6. The van der Waals surface area contributed by atoms with Crippen LogP contribution in [-0.4, -0.2) is 16.5 Å². The summed E-state index contributed by atoms with van der Waals surface area (Å²) in [6.07, 6.45) is 3.78. The van der Waals surface area contributed by atoms with Gasteiger partial charge in [-0.2, -0.15) is 4.99 Å². The number of aryl methyl sites for hydroxylation is 1. The van der Waals surface area contributed by atoms with Crippen molar-refractivity contribution in [3.05, 3.63) is 70.1 Å². The molecule has 0 fully saturated rings. The van der Waals surface area contributed by atoms with Crippen molar-refractivity contribution in [2.45, 2.75) is 13.5 Å². The molecule has 1 aliphatic heterocycles. The molecule has 0 aromatic heterocycles. The lowest BCUT2D eigenvalue weighted by Gasteiger charge is -2.07. The van der Waals surface area contributed by atoms with Crippen LogP contribution in [0, 0.1) is 6.92 Å². The van der Waals surface area contributed by atoms with Crippen LogP contribution in [0.1, 0.15) is 16.7 Å². The van der Waals surface area contributed by atoms with E-state index in [-0.39, 0.29) is 5.91 Å². The van der Waals surface area contributed by atoms with Gasteiger partial charge in [0, 0.05) is 0 Å². The second-order valence-corrected chi connectivity index (χ2v) is 7.42. The Kier molecular flexibility index (Phi) is 5.43. The second-order valence-electron chi connectivity index (χ2n) is 5.34. The minimum atomic E-state index is -0.163. The molecule has 1 aliphatic rings. The summed E-state index contributed by atoms with van der Waals surface area (Å²) >= 11 is 2.91. The highest BCUT2D eigenvalue weighted by atomic mass is 32.2. The summed E-state index contributed by atoms with van der Waals surface area (Å²) in [4.78, 5) is 16.4. The van der Waals surface area contributed by atoms with Crippen LogP contribution in [0.4, 0.5) is 0 Å². The first-order valence-corrected chi connectivity index (χ1v) is 9.53. The van der Waals surface area contributed by atoms with Gasteiger partial charge in [0.1, 0.15) is 16.7 Å². The summed E-state index contributed by atoms with van der Waals surface area (Å²) in [6, 6.07) is 16.0. The van der Waals surface area contributed by atoms with Crippen LogP contribution in [0.3, 0.4) is 0 Å². The highest BCUT2D eigenvalue weighted by Crippen LogP contribution is 2.32. The molecule has 1 heterocycles. The molecule has 2 aromatic rings. The third kappa shape index (κ3) is 4.30. The maximum atomic E-state index is 11.8. The summed E-state index contributed by atoms with van der Waals surface area (Å²) in [5, 5.41) is 0. The van der Waals surface area contributed by atoms with Gasteiger partial charge in [0.15, 0.2) is 0 Å². The minimum Gasteiger partial charge on any atom is -0.489 e. The van der Waals surface area contributed by atoms with E-state index in [4.69, 9.17) is 4.74 Å². The summed E-state index contributed by atoms with van der Waals surface area (Å²) in [6.45, 7) is 2.61. The van der Waals surface area contributed by atoms with Gasteiger partial charge in [-0.3, -0.25) is 4.79 Å². The van der Waals surface area contributed by atoms with Gasteiger partial charge in [0.05, 0.1) is 4.91 Å². The first kappa shape index (κ1) is 16.9. The largest absolute Gasteiger partial charge is 0.489 e. The van der Waals surface area contributed by atoms with Crippen molar-refractivity contribution in [1.29, 1.82) is 0 Å². The highest BCUT2D eigenvalue weighted by Gasteiger charge is 2.20. The van der Waals surface area contributed by atoms with Gasteiger partial charge in [0.2, 0.25) is 0 Å². The van der Waals surface area contributed by atoms with Gasteiger partial charge in [-0.15, -0.1) is 11.8 Å². The lowest BCUT2D eigenvalue weighted by molar-refractivity contribution is -0.113. The molecule has 0 atom stereocenters. The molecule has 2 aromatic carbocycles. The van der Waals surface area contributed by atoms with Crippen molar-refractivity contribution in [1.82, 2.24) is 0 Å². The molecular weight excluding hydrogens is 338 g/mol. The van der Waals surface area contributed by atoms with E-state index in [0.717, 1.165) is 21.3 Å². The van der Waals surface area contributed by atoms with E-state index < -0.39 is 0 Å². The van der Waals surface area contributed by atoms with E-state index in [1.54, 1.807) is 0 Å². The molecule has 0 radical (unpaired) electrons. The number of benzene rings is 2. The van der Waals surface area contributed by atoms with Crippen molar-refractivity contribution < 1.29 is 9.53 Å². The molecule has 0 unspecified atom stereocenters. The van der Waals surface area contributed by atoms with Crippen LogP contribution in [0.5, 0.6) is 5.75 Å². The van der Waals surface area contributed by atoms with Crippen LogP contribution >= 0.6 is 23.5 Å².